The Balaban J connectivity index is 3.21. The van der Waals surface area contributed by atoms with Crippen LogP contribution < -0.4 is 5.32 Å². The number of rotatable bonds is 2. The van der Waals surface area contributed by atoms with Crippen LogP contribution in [-0.4, -0.2) is 22.1 Å². The molecule has 0 aliphatic carbocycles. The molecule has 0 aliphatic heterocycles. The summed E-state index contributed by atoms with van der Waals surface area (Å²) in [6.07, 6.45) is 0. The summed E-state index contributed by atoms with van der Waals surface area (Å²) in [5, 5.41) is 20.2. The van der Waals surface area contributed by atoms with Crippen molar-refractivity contribution in [3.8, 4) is 5.75 Å². The number of carboxylic acid groups (broad SMARTS) is 1. The third-order valence-electron chi connectivity index (χ3n) is 1.66. The number of carboxylic acids is 1. The van der Waals surface area contributed by atoms with E-state index in [1.807, 2.05) is 0 Å². The number of aromatic carboxylic acids is 1. The van der Waals surface area contributed by atoms with Gasteiger partial charge in [-0.3, -0.25) is 4.79 Å². The number of nitrogens with one attached hydrogen (secondary N) is 1. The van der Waals surface area contributed by atoms with E-state index >= 15 is 0 Å². The lowest BCUT2D eigenvalue weighted by atomic mass is 10.2. The number of halogens is 1. The molecule has 0 saturated carbocycles. The summed E-state index contributed by atoms with van der Waals surface area (Å²) in [5.74, 6) is -2.21. The minimum Gasteiger partial charge on any atom is -0.505 e. The maximum absolute atomic E-state index is 10.7. The van der Waals surface area contributed by atoms with Gasteiger partial charge in [-0.25, -0.2) is 4.79 Å². The van der Waals surface area contributed by atoms with Gasteiger partial charge in [-0.15, -0.1) is 0 Å². The summed E-state index contributed by atoms with van der Waals surface area (Å²) in [6, 6.07) is 2.47. The van der Waals surface area contributed by atoms with E-state index in [0.717, 1.165) is 6.07 Å². The molecule has 1 aromatic rings. The number of benzene rings is 1. The van der Waals surface area contributed by atoms with Crippen molar-refractivity contribution in [1.82, 2.24) is 0 Å². The van der Waals surface area contributed by atoms with E-state index in [9.17, 15) is 14.7 Å². The zero-order chi connectivity index (χ0) is 11.6. The molecular weight excluding hydrogens is 222 g/mol. The first-order valence-corrected chi connectivity index (χ1v) is 4.33. The lowest BCUT2D eigenvalue weighted by molar-refractivity contribution is -0.114. The molecule has 0 aromatic heterocycles. The molecular formula is C9H8ClNO4. The van der Waals surface area contributed by atoms with Crippen LogP contribution in [0.1, 0.15) is 17.3 Å². The Labute approximate surface area is 90.3 Å². The number of hydrogen-bond acceptors (Lipinski definition) is 3. The minimum absolute atomic E-state index is 0.173. The van der Waals surface area contributed by atoms with E-state index in [-0.39, 0.29) is 22.2 Å². The molecule has 15 heavy (non-hydrogen) atoms. The Morgan fingerprint density at radius 3 is 2.47 bits per heavy atom. The molecule has 80 valence electrons. The SMILES string of the molecule is CC(=O)Nc1ccc(C(=O)O)c(O)c1Cl. The first-order chi connectivity index (χ1) is 6.93. The van der Waals surface area contributed by atoms with Crippen molar-refractivity contribution >= 4 is 29.2 Å². The largest absolute Gasteiger partial charge is 0.505 e. The highest BCUT2D eigenvalue weighted by molar-refractivity contribution is 6.35. The molecule has 0 saturated heterocycles. The Hall–Kier alpha value is -1.75. The molecule has 0 spiro atoms. The lowest BCUT2D eigenvalue weighted by Crippen LogP contribution is -2.07. The molecule has 0 aliphatic rings. The Kier molecular flexibility index (Phi) is 3.16. The first kappa shape index (κ1) is 11.3. The maximum Gasteiger partial charge on any atom is 0.339 e. The van der Waals surface area contributed by atoms with Crippen LogP contribution in [0.2, 0.25) is 5.02 Å². The fourth-order valence-electron chi connectivity index (χ4n) is 1.02. The van der Waals surface area contributed by atoms with Gasteiger partial charge in [0.2, 0.25) is 5.91 Å². The predicted molar refractivity (Wildman–Crippen MR) is 54.4 cm³/mol. The van der Waals surface area contributed by atoms with Crippen molar-refractivity contribution < 1.29 is 19.8 Å². The number of hydrogen-bond donors (Lipinski definition) is 3. The van der Waals surface area contributed by atoms with Gasteiger partial charge in [-0.05, 0) is 12.1 Å². The molecule has 0 bridgehead atoms. The topological polar surface area (TPSA) is 86.6 Å². The van der Waals surface area contributed by atoms with E-state index in [0.29, 0.717) is 0 Å². The van der Waals surface area contributed by atoms with E-state index in [2.05, 4.69) is 5.32 Å². The standard InChI is InChI=1S/C9H8ClNO4/c1-4(12)11-6-3-2-5(9(14)15)8(13)7(6)10/h2-3,13H,1H3,(H,11,12)(H,14,15). The lowest BCUT2D eigenvalue weighted by Gasteiger charge is -2.08. The molecule has 3 N–H and O–H groups in total. The van der Waals surface area contributed by atoms with Gasteiger partial charge >= 0.3 is 5.97 Å². The number of aromatic hydroxyl groups is 1. The number of carbonyl (C=O) groups is 2. The van der Waals surface area contributed by atoms with Gasteiger partial charge in [-0.1, -0.05) is 11.6 Å². The monoisotopic (exact) mass is 229 g/mol. The molecule has 0 atom stereocenters. The van der Waals surface area contributed by atoms with Crippen molar-refractivity contribution in [2.24, 2.45) is 0 Å². The van der Waals surface area contributed by atoms with E-state index in [4.69, 9.17) is 16.7 Å². The fourth-order valence-corrected chi connectivity index (χ4v) is 1.24. The summed E-state index contributed by atoms with van der Waals surface area (Å²) in [6.45, 7) is 1.28. The summed E-state index contributed by atoms with van der Waals surface area (Å²) in [7, 11) is 0. The summed E-state index contributed by atoms with van der Waals surface area (Å²) < 4.78 is 0. The molecule has 0 radical (unpaired) electrons. The van der Waals surface area contributed by atoms with Crippen LogP contribution in [0.15, 0.2) is 12.1 Å². The van der Waals surface area contributed by atoms with E-state index in [1.165, 1.54) is 13.0 Å². The minimum atomic E-state index is -1.29. The fraction of sp³-hybridized carbons (Fsp3) is 0.111. The summed E-state index contributed by atoms with van der Waals surface area (Å²) >= 11 is 5.66. The molecule has 6 heteroatoms. The van der Waals surface area contributed by atoms with Crippen molar-refractivity contribution in [2.45, 2.75) is 6.92 Å². The smallest absolute Gasteiger partial charge is 0.339 e. The van der Waals surface area contributed by atoms with E-state index in [1.54, 1.807) is 0 Å². The highest BCUT2D eigenvalue weighted by atomic mass is 35.5. The Bertz CT molecular complexity index is 430. The molecule has 0 unspecified atom stereocenters. The second-order valence-electron chi connectivity index (χ2n) is 2.81. The van der Waals surface area contributed by atoms with Crippen molar-refractivity contribution in [3.63, 3.8) is 0 Å². The number of anilines is 1. The second-order valence-corrected chi connectivity index (χ2v) is 3.19. The van der Waals surface area contributed by atoms with Crippen LogP contribution in [0.25, 0.3) is 0 Å². The normalized spacial score (nSPS) is 9.73. The van der Waals surface area contributed by atoms with Gasteiger partial charge in [0, 0.05) is 6.92 Å². The quantitative estimate of drug-likeness (QED) is 0.720. The van der Waals surface area contributed by atoms with Gasteiger partial charge in [0.15, 0.2) is 5.75 Å². The molecule has 1 aromatic carbocycles. The molecule has 5 nitrogen and oxygen atoms in total. The van der Waals surface area contributed by atoms with Gasteiger partial charge in [0.05, 0.1) is 5.69 Å². The average Bonchev–Trinajstić information content (AvgIpc) is 2.12. The molecule has 0 fully saturated rings. The number of amides is 1. The predicted octanol–water partition coefficient (Wildman–Crippen LogP) is 1.70. The van der Waals surface area contributed by atoms with Gasteiger partial charge < -0.3 is 15.5 Å². The first-order valence-electron chi connectivity index (χ1n) is 3.96. The van der Waals surface area contributed by atoms with Crippen LogP contribution in [-0.2, 0) is 4.79 Å². The van der Waals surface area contributed by atoms with Crippen molar-refractivity contribution in [1.29, 1.82) is 0 Å². The third-order valence-corrected chi connectivity index (χ3v) is 2.04. The van der Waals surface area contributed by atoms with Crippen LogP contribution >= 0.6 is 11.6 Å². The Morgan fingerprint density at radius 2 is 2.00 bits per heavy atom. The number of phenols is 1. The molecule has 1 amide bonds. The highest BCUT2D eigenvalue weighted by Gasteiger charge is 2.15. The van der Waals surface area contributed by atoms with Crippen molar-refractivity contribution in [3.05, 3.63) is 22.7 Å². The average molecular weight is 230 g/mol. The third kappa shape index (κ3) is 2.38. The van der Waals surface area contributed by atoms with E-state index < -0.39 is 11.7 Å². The molecule has 0 heterocycles. The summed E-state index contributed by atoms with van der Waals surface area (Å²) in [4.78, 5) is 21.3. The maximum atomic E-state index is 10.7. The number of carbonyl (C=O) groups excluding carboxylic acids is 1. The van der Waals surface area contributed by atoms with Gasteiger partial charge in [-0.2, -0.15) is 0 Å². The van der Waals surface area contributed by atoms with Crippen molar-refractivity contribution in [2.75, 3.05) is 5.32 Å². The van der Waals surface area contributed by atoms with Crippen LogP contribution in [0.5, 0.6) is 5.75 Å². The zero-order valence-electron chi connectivity index (χ0n) is 7.74. The van der Waals surface area contributed by atoms with Crippen LogP contribution in [0.4, 0.5) is 5.69 Å². The van der Waals surface area contributed by atoms with Crippen LogP contribution in [0.3, 0.4) is 0 Å². The highest BCUT2D eigenvalue weighted by Crippen LogP contribution is 2.34. The van der Waals surface area contributed by atoms with Gasteiger partial charge in [0.25, 0.3) is 0 Å². The summed E-state index contributed by atoms with van der Waals surface area (Å²) in [5.41, 5.74) is -0.138. The van der Waals surface area contributed by atoms with Gasteiger partial charge in [0.1, 0.15) is 10.6 Å². The second kappa shape index (κ2) is 4.18. The molecule has 1 rings (SSSR count). The Morgan fingerprint density at radius 1 is 1.40 bits per heavy atom. The van der Waals surface area contributed by atoms with Crippen LogP contribution in [0, 0.1) is 0 Å². The zero-order valence-corrected chi connectivity index (χ0v) is 8.50.